The van der Waals surface area contributed by atoms with Crippen LogP contribution in [0.4, 0.5) is 0 Å². The maximum Gasteiger partial charge on any atom is 0.116 e. The summed E-state index contributed by atoms with van der Waals surface area (Å²) in [4.78, 5) is 15.8. The molecule has 1 unspecified atom stereocenters. The molecule has 0 fully saturated rings. The molecule has 2 heterocycles. The molecule has 0 saturated heterocycles. The molecule has 5 aromatic carbocycles. The zero-order valence-electron chi connectivity index (χ0n) is 22.6. The van der Waals surface area contributed by atoms with Crippen molar-refractivity contribution in [1.29, 1.82) is 0 Å². The van der Waals surface area contributed by atoms with Crippen LogP contribution >= 0.6 is 11.6 Å². The first-order valence-corrected chi connectivity index (χ1v) is 14.4. The van der Waals surface area contributed by atoms with Crippen LogP contribution in [0.1, 0.15) is 22.4 Å². The first-order chi connectivity index (χ1) is 20.7. The van der Waals surface area contributed by atoms with Gasteiger partial charge in [0.2, 0.25) is 0 Å². The van der Waals surface area contributed by atoms with Crippen molar-refractivity contribution < 1.29 is 0 Å². The Hall–Kier alpha value is -5.12. The first kappa shape index (κ1) is 24.7. The molecular formula is C38H24ClN3. The third-order valence-corrected chi connectivity index (χ3v) is 8.48. The smallest absolute Gasteiger partial charge is 0.116 e. The summed E-state index contributed by atoms with van der Waals surface area (Å²) in [5, 5.41) is 0.687. The van der Waals surface area contributed by atoms with Gasteiger partial charge in [-0.05, 0) is 46.0 Å². The minimum absolute atomic E-state index is 0.687. The van der Waals surface area contributed by atoms with Crippen molar-refractivity contribution in [3.8, 4) is 33.6 Å². The molecule has 3 nitrogen and oxygen atoms in total. The quantitative estimate of drug-likeness (QED) is 0.216. The van der Waals surface area contributed by atoms with Crippen LogP contribution in [-0.2, 0) is 5.41 Å². The van der Waals surface area contributed by atoms with E-state index in [-0.39, 0.29) is 0 Å². The van der Waals surface area contributed by atoms with Crippen molar-refractivity contribution in [2.24, 2.45) is 0 Å². The fourth-order valence-electron chi connectivity index (χ4n) is 6.49. The highest BCUT2D eigenvalue weighted by atomic mass is 35.5. The Balaban J connectivity index is 1.57. The van der Waals surface area contributed by atoms with E-state index in [0.29, 0.717) is 5.02 Å². The predicted octanol–water partition coefficient (Wildman–Crippen LogP) is 9.38. The van der Waals surface area contributed by atoms with Crippen LogP contribution in [-0.4, -0.2) is 15.0 Å². The summed E-state index contributed by atoms with van der Waals surface area (Å²) in [7, 11) is 0. The van der Waals surface area contributed by atoms with Crippen molar-refractivity contribution >= 4 is 22.6 Å². The van der Waals surface area contributed by atoms with Gasteiger partial charge < -0.3 is 0 Å². The lowest BCUT2D eigenvalue weighted by Crippen LogP contribution is -2.31. The molecule has 198 valence electrons. The Morgan fingerprint density at radius 1 is 0.524 bits per heavy atom. The molecule has 42 heavy (non-hydrogen) atoms. The van der Waals surface area contributed by atoms with Crippen molar-refractivity contribution in [1.82, 2.24) is 15.0 Å². The Kier molecular flexibility index (Phi) is 5.73. The lowest BCUT2D eigenvalue weighted by atomic mass is 9.68. The molecule has 0 aliphatic heterocycles. The van der Waals surface area contributed by atoms with E-state index in [1.54, 1.807) is 0 Å². The van der Waals surface area contributed by atoms with E-state index in [2.05, 4.69) is 103 Å². The number of halogens is 1. The molecule has 1 aliphatic rings. The van der Waals surface area contributed by atoms with E-state index >= 15 is 0 Å². The van der Waals surface area contributed by atoms with Gasteiger partial charge in [-0.25, -0.2) is 9.97 Å². The predicted molar refractivity (Wildman–Crippen MR) is 171 cm³/mol. The zero-order chi connectivity index (χ0) is 28.1. The molecule has 7 aromatic rings. The van der Waals surface area contributed by atoms with Gasteiger partial charge in [0.1, 0.15) is 5.52 Å². The van der Waals surface area contributed by atoms with E-state index in [1.165, 1.54) is 5.56 Å². The topological polar surface area (TPSA) is 38.7 Å². The SMILES string of the molecule is Clc1ccc2c(c1)C(c1ccccc1)(c1nc3ccnc(-c4ccccc4)c3nc1-c1ccccc1)c1ccccc1-2. The molecule has 0 saturated carbocycles. The summed E-state index contributed by atoms with van der Waals surface area (Å²) in [6.07, 6.45) is 1.83. The van der Waals surface area contributed by atoms with Crippen LogP contribution in [0, 0.1) is 0 Å². The fourth-order valence-corrected chi connectivity index (χ4v) is 6.66. The van der Waals surface area contributed by atoms with Gasteiger partial charge in [0.15, 0.2) is 0 Å². The summed E-state index contributed by atoms with van der Waals surface area (Å²) in [5.74, 6) is 0. The number of aromatic nitrogens is 3. The molecule has 4 heteroatoms. The van der Waals surface area contributed by atoms with E-state index in [0.717, 1.165) is 61.5 Å². The third kappa shape index (κ3) is 3.64. The van der Waals surface area contributed by atoms with Crippen molar-refractivity contribution in [2.45, 2.75) is 5.41 Å². The first-order valence-electron chi connectivity index (χ1n) is 14.0. The second-order valence-electron chi connectivity index (χ2n) is 10.5. The highest BCUT2D eigenvalue weighted by Crippen LogP contribution is 2.57. The van der Waals surface area contributed by atoms with Crippen molar-refractivity contribution in [2.75, 3.05) is 0 Å². The summed E-state index contributed by atoms with van der Waals surface area (Å²) in [5.41, 5.74) is 11.0. The normalized spacial score (nSPS) is 15.4. The van der Waals surface area contributed by atoms with Gasteiger partial charge >= 0.3 is 0 Å². The number of hydrogen-bond acceptors (Lipinski definition) is 3. The lowest BCUT2D eigenvalue weighted by molar-refractivity contribution is 0.737. The van der Waals surface area contributed by atoms with E-state index in [1.807, 2.05) is 42.6 Å². The molecule has 2 aromatic heterocycles. The second-order valence-corrected chi connectivity index (χ2v) is 11.0. The average Bonchev–Trinajstić information content (AvgIpc) is 3.35. The summed E-state index contributed by atoms with van der Waals surface area (Å²) in [6, 6.07) is 48.0. The van der Waals surface area contributed by atoms with Gasteiger partial charge in [-0.3, -0.25) is 4.98 Å². The molecule has 0 N–H and O–H groups in total. The monoisotopic (exact) mass is 557 g/mol. The highest BCUT2D eigenvalue weighted by molar-refractivity contribution is 6.30. The van der Waals surface area contributed by atoms with Crippen LogP contribution in [0.2, 0.25) is 5.02 Å². The van der Waals surface area contributed by atoms with Gasteiger partial charge in [0.05, 0.1) is 28.0 Å². The standard InChI is InChI=1S/C38H24ClN3/c39-28-20-21-30-29-18-10-11-19-31(29)38(32(30)24-28,27-16-8-3-9-17-27)37-35(26-14-6-2-7-15-26)42-36-33(41-37)22-23-40-34(36)25-12-4-1-5-13-25/h1-24H. The van der Waals surface area contributed by atoms with E-state index in [4.69, 9.17) is 26.6 Å². The van der Waals surface area contributed by atoms with Gasteiger partial charge in [-0.2, -0.15) is 0 Å². The Labute approximate surface area is 249 Å². The van der Waals surface area contributed by atoms with Gasteiger partial charge in [-0.15, -0.1) is 0 Å². The minimum Gasteiger partial charge on any atom is -0.254 e. The number of pyridine rings is 1. The molecule has 0 amide bonds. The van der Waals surface area contributed by atoms with Crippen LogP contribution in [0.15, 0.2) is 146 Å². The summed E-state index contributed by atoms with van der Waals surface area (Å²) >= 11 is 6.76. The molecular weight excluding hydrogens is 534 g/mol. The largest absolute Gasteiger partial charge is 0.254 e. The van der Waals surface area contributed by atoms with Gasteiger partial charge in [-0.1, -0.05) is 133 Å². The van der Waals surface area contributed by atoms with Crippen LogP contribution in [0.25, 0.3) is 44.7 Å². The van der Waals surface area contributed by atoms with Crippen LogP contribution in [0.5, 0.6) is 0 Å². The number of nitrogens with zero attached hydrogens (tertiary/aromatic N) is 3. The van der Waals surface area contributed by atoms with Gasteiger partial charge in [0, 0.05) is 22.3 Å². The van der Waals surface area contributed by atoms with Crippen LogP contribution < -0.4 is 0 Å². The molecule has 1 aliphatic carbocycles. The maximum absolute atomic E-state index is 6.76. The summed E-state index contributed by atoms with van der Waals surface area (Å²) in [6.45, 7) is 0. The second kappa shape index (κ2) is 9.76. The van der Waals surface area contributed by atoms with Crippen molar-refractivity contribution in [3.63, 3.8) is 0 Å². The number of hydrogen-bond donors (Lipinski definition) is 0. The third-order valence-electron chi connectivity index (χ3n) is 8.25. The molecule has 0 bridgehead atoms. The zero-order valence-corrected chi connectivity index (χ0v) is 23.3. The van der Waals surface area contributed by atoms with Crippen molar-refractivity contribution in [3.05, 3.63) is 173 Å². The fraction of sp³-hybridized carbons (Fsp3) is 0.0263. The van der Waals surface area contributed by atoms with E-state index in [9.17, 15) is 0 Å². The summed E-state index contributed by atoms with van der Waals surface area (Å²) < 4.78 is 0. The number of benzene rings is 5. The molecule has 0 radical (unpaired) electrons. The van der Waals surface area contributed by atoms with E-state index < -0.39 is 5.41 Å². The maximum atomic E-state index is 6.76. The average molecular weight is 558 g/mol. The molecule has 0 spiro atoms. The van der Waals surface area contributed by atoms with Gasteiger partial charge in [0.25, 0.3) is 0 Å². The Morgan fingerprint density at radius 3 is 1.88 bits per heavy atom. The number of rotatable bonds is 4. The Morgan fingerprint density at radius 2 is 1.14 bits per heavy atom. The van der Waals surface area contributed by atoms with Crippen LogP contribution in [0.3, 0.4) is 0 Å². The molecule has 1 atom stereocenters. The Bertz CT molecular complexity index is 2090. The highest BCUT2D eigenvalue weighted by Gasteiger charge is 2.49. The number of fused-ring (bicyclic) bond motifs is 4. The molecule has 8 rings (SSSR count). The lowest BCUT2D eigenvalue weighted by Gasteiger charge is -2.34. The minimum atomic E-state index is -0.749.